The lowest BCUT2D eigenvalue weighted by Gasteiger charge is -2.10. The zero-order chi connectivity index (χ0) is 14.1. The molecule has 1 atom stereocenters. The van der Waals surface area contributed by atoms with Gasteiger partial charge in [0.05, 0.1) is 6.10 Å². The van der Waals surface area contributed by atoms with Gasteiger partial charge in [0.15, 0.2) is 0 Å². The minimum absolute atomic E-state index is 0.520. The maximum absolute atomic E-state index is 10.4. The molecule has 0 amide bonds. The molecule has 1 N–H and O–H groups in total. The van der Waals surface area contributed by atoms with Crippen molar-refractivity contribution in [2.24, 2.45) is 0 Å². The molecule has 1 unspecified atom stereocenters. The van der Waals surface area contributed by atoms with E-state index in [2.05, 4.69) is 30.3 Å². The Kier molecular flexibility index (Phi) is 3.33. The molecule has 2 nitrogen and oxygen atoms in total. The first-order valence-corrected chi connectivity index (χ1v) is 6.86. The van der Waals surface area contributed by atoms with Gasteiger partial charge in [-0.15, -0.1) is 0 Å². The van der Waals surface area contributed by atoms with Gasteiger partial charge in [0.1, 0.15) is 11.5 Å². The van der Waals surface area contributed by atoms with Crippen LogP contribution in [0.15, 0.2) is 52.9 Å². The highest BCUT2D eigenvalue weighted by atomic mass is 16.3. The van der Waals surface area contributed by atoms with Crippen molar-refractivity contribution in [2.45, 2.75) is 26.4 Å². The predicted octanol–water partition coefficient (Wildman–Crippen LogP) is 4.33. The topological polar surface area (TPSA) is 33.4 Å². The monoisotopic (exact) mass is 266 g/mol. The van der Waals surface area contributed by atoms with E-state index in [1.165, 1.54) is 10.8 Å². The average Bonchev–Trinajstić information content (AvgIpc) is 2.78. The van der Waals surface area contributed by atoms with Gasteiger partial charge in [0.2, 0.25) is 0 Å². The molecule has 1 heterocycles. The highest BCUT2D eigenvalue weighted by Crippen LogP contribution is 2.26. The third-order valence-electron chi connectivity index (χ3n) is 3.68. The van der Waals surface area contributed by atoms with Crippen LogP contribution >= 0.6 is 0 Å². The van der Waals surface area contributed by atoms with Crippen LogP contribution in [0.25, 0.3) is 10.8 Å². The first-order valence-electron chi connectivity index (χ1n) is 6.86. The molecule has 0 spiro atoms. The summed E-state index contributed by atoms with van der Waals surface area (Å²) in [5, 5.41) is 12.8. The maximum atomic E-state index is 10.4. The molecule has 2 aromatic carbocycles. The van der Waals surface area contributed by atoms with E-state index in [1.54, 1.807) is 0 Å². The third-order valence-corrected chi connectivity index (χ3v) is 3.68. The Bertz CT molecular complexity index is 740. The molecular weight excluding hydrogens is 248 g/mol. The number of hydrogen-bond donors (Lipinski definition) is 1. The van der Waals surface area contributed by atoms with Crippen molar-refractivity contribution in [2.75, 3.05) is 0 Å². The largest absolute Gasteiger partial charge is 0.466 e. The van der Waals surface area contributed by atoms with Gasteiger partial charge < -0.3 is 9.52 Å². The number of furan rings is 1. The fourth-order valence-electron chi connectivity index (χ4n) is 2.68. The zero-order valence-corrected chi connectivity index (χ0v) is 11.8. The Hall–Kier alpha value is -2.06. The SMILES string of the molecule is Cc1cc(C(O)Cc2ccc3ccccc3c2)c(C)o1. The fraction of sp³-hybridized carbons (Fsp3) is 0.222. The van der Waals surface area contributed by atoms with E-state index in [1.807, 2.05) is 32.0 Å². The van der Waals surface area contributed by atoms with Crippen LogP contribution in [0.1, 0.15) is 28.8 Å². The quantitative estimate of drug-likeness (QED) is 0.765. The van der Waals surface area contributed by atoms with Crippen LogP contribution in [0.3, 0.4) is 0 Å². The van der Waals surface area contributed by atoms with Crippen LogP contribution < -0.4 is 0 Å². The van der Waals surface area contributed by atoms with Gasteiger partial charge in [0.25, 0.3) is 0 Å². The molecule has 0 radical (unpaired) electrons. The number of fused-ring (bicyclic) bond motifs is 1. The lowest BCUT2D eigenvalue weighted by atomic mass is 9.99. The minimum atomic E-state index is -0.520. The molecule has 20 heavy (non-hydrogen) atoms. The number of aliphatic hydroxyl groups is 1. The van der Waals surface area contributed by atoms with Crippen molar-refractivity contribution < 1.29 is 9.52 Å². The van der Waals surface area contributed by atoms with E-state index >= 15 is 0 Å². The Morgan fingerprint density at radius 2 is 1.75 bits per heavy atom. The summed E-state index contributed by atoms with van der Waals surface area (Å²) >= 11 is 0. The Labute approximate surface area is 118 Å². The predicted molar refractivity (Wildman–Crippen MR) is 80.8 cm³/mol. The summed E-state index contributed by atoms with van der Waals surface area (Å²) in [7, 11) is 0. The van der Waals surface area contributed by atoms with E-state index in [9.17, 15) is 5.11 Å². The lowest BCUT2D eigenvalue weighted by molar-refractivity contribution is 0.176. The smallest absolute Gasteiger partial charge is 0.106 e. The molecule has 0 saturated carbocycles. The highest BCUT2D eigenvalue weighted by molar-refractivity contribution is 5.83. The maximum Gasteiger partial charge on any atom is 0.106 e. The number of hydrogen-bond acceptors (Lipinski definition) is 2. The molecular formula is C18H18O2. The Morgan fingerprint density at radius 3 is 2.45 bits per heavy atom. The second kappa shape index (κ2) is 5.14. The second-order valence-corrected chi connectivity index (χ2v) is 5.27. The summed E-state index contributed by atoms with van der Waals surface area (Å²) in [5.41, 5.74) is 2.02. The van der Waals surface area contributed by atoms with Gasteiger partial charge in [-0.25, -0.2) is 0 Å². The van der Waals surface area contributed by atoms with E-state index in [0.29, 0.717) is 6.42 Å². The molecule has 102 valence electrons. The van der Waals surface area contributed by atoms with Crippen LogP contribution in [0.5, 0.6) is 0 Å². The molecule has 0 aliphatic carbocycles. The summed E-state index contributed by atoms with van der Waals surface area (Å²) in [6.07, 6.45) is 0.0820. The van der Waals surface area contributed by atoms with Crippen molar-refractivity contribution in [3.05, 3.63) is 71.2 Å². The highest BCUT2D eigenvalue weighted by Gasteiger charge is 2.15. The lowest BCUT2D eigenvalue weighted by Crippen LogP contribution is -2.02. The summed E-state index contributed by atoms with van der Waals surface area (Å²) in [6, 6.07) is 16.5. The number of benzene rings is 2. The van der Waals surface area contributed by atoms with Crippen molar-refractivity contribution in [3.8, 4) is 0 Å². The molecule has 3 rings (SSSR count). The van der Waals surface area contributed by atoms with Crippen LogP contribution in [-0.2, 0) is 6.42 Å². The van der Waals surface area contributed by atoms with E-state index < -0.39 is 6.10 Å². The summed E-state index contributed by atoms with van der Waals surface area (Å²) in [5.74, 6) is 1.64. The number of rotatable bonds is 3. The van der Waals surface area contributed by atoms with E-state index in [4.69, 9.17) is 4.42 Å². The first-order chi connectivity index (χ1) is 9.63. The molecule has 3 aromatic rings. The average molecular weight is 266 g/mol. The second-order valence-electron chi connectivity index (χ2n) is 5.27. The Morgan fingerprint density at radius 1 is 1.00 bits per heavy atom. The van der Waals surface area contributed by atoms with Gasteiger partial charge in [-0.05, 0) is 36.2 Å². The van der Waals surface area contributed by atoms with Crippen molar-refractivity contribution >= 4 is 10.8 Å². The summed E-state index contributed by atoms with van der Waals surface area (Å²) < 4.78 is 5.48. The number of aryl methyl sites for hydroxylation is 2. The van der Waals surface area contributed by atoms with Gasteiger partial charge in [-0.3, -0.25) is 0 Å². The van der Waals surface area contributed by atoms with Crippen molar-refractivity contribution in [3.63, 3.8) is 0 Å². The number of aliphatic hydroxyl groups excluding tert-OH is 1. The van der Waals surface area contributed by atoms with Gasteiger partial charge >= 0.3 is 0 Å². The van der Waals surface area contributed by atoms with Crippen molar-refractivity contribution in [1.82, 2.24) is 0 Å². The summed E-state index contributed by atoms with van der Waals surface area (Å²) in [4.78, 5) is 0. The van der Waals surface area contributed by atoms with Gasteiger partial charge in [-0.1, -0.05) is 42.5 Å². The zero-order valence-electron chi connectivity index (χ0n) is 11.8. The van der Waals surface area contributed by atoms with Gasteiger partial charge in [0, 0.05) is 12.0 Å². The van der Waals surface area contributed by atoms with Crippen LogP contribution in [0.2, 0.25) is 0 Å². The standard InChI is InChI=1S/C18H18O2/c1-12-9-17(13(2)20-12)18(19)11-14-7-8-15-5-3-4-6-16(15)10-14/h3-10,18-19H,11H2,1-2H3. The molecule has 0 fully saturated rings. The summed E-state index contributed by atoms with van der Waals surface area (Å²) in [6.45, 7) is 3.80. The minimum Gasteiger partial charge on any atom is -0.466 e. The van der Waals surface area contributed by atoms with Crippen LogP contribution in [0.4, 0.5) is 0 Å². The molecule has 0 aliphatic rings. The first kappa shape index (κ1) is 12.9. The molecule has 1 aromatic heterocycles. The molecule has 0 aliphatic heterocycles. The third kappa shape index (κ3) is 2.47. The van der Waals surface area contributed by atoms with Gasteiger partial charge in [-0.2, -0.15) is 0 Å². The van der Waals surface area contributed by atoms with E-state index in [0.717, 1.165) is 22.6 Å². The molecule has 0 saturated heterocycles. The van der Waals surface area contributed by atoms with Crippen LogP contribution in [-0.4, -0.2) is 5.11 Å². The van der Waals surface area contributed by atoms with Crippen LogP contribution in [0, 0.1) is 13.8 Å². The van der Waals surface area contributed by atoms with E-state index in [-0.39, 0.29) is 0 Å². The molecule has 2 heteroatoms. The normalized spacial score (nSPS) is 12.8. The fourth-order valence-corrected chi connectivity index (χ4v) is 2.68. The Balaban J connectivity index is 1.87. The van der Waals surface area contributed by atoms with Crippen molar-refractivity contribution in [1.29, 1.82) is 0 Å². The molecule has 0 bridgehead atoms.